The zero-order valence-electron chi connectivity index (χ0n) is 8.11. The quantitative estimate of drug-likeness (QED) is 0.866. The number of thiazole rings is 1. The molecule has 0 aliphatic rings. The van der Waals surface area contributed by atoms with Gasteiger partial charge in [-0.15, -0.1) is 11.3 Å². The van der Waals surface area contributed by atoms with Crippen LogP contribution in [0.4, 0.5) is 4.39 Å². The average Bonchev–Trinajstić information content (AvgIpc) is 2.68. The highest BCUT2D eigenvalue weighted by Crippen LogP contribution is 2.26. The van der Waals surface area contributed by atoms with Crippen LogP contribution in [0.3, 0.4) is 0 Å². The molecule has 0 atom stereocenters. The van der Waals surface area contributed by atoms with Crippen LogP contribution in [0.15, 0.2) is 30.5 Å². The molecule has 0 saturated heterocycles. The van der Waals surface area contributed by atoms with Crippen LogP contribution in [0.2, 0.25) is 0 Å². The number of nitrogens with two attached hydrogens (primary N) is 1. The average molecular weight is 222 g/mol. The van der Waals surface area contributed by atoms with Crippen molar-refractivity contribution in [1.82, 2.24) is 4.98 Å². The lowest BCUT2D eigenvalue weighted by Crippen LogP contribution is -2.01. The van der Waals surface area contributed by atoms with E-state index in [0.29, 0.717) is 6.54 Å². The molecule has 0 aliphatic carbocycles. The minimum Gasteiger partial charge on any atom is -0.330 e. The number of halogens is 1. The van der Waals surface area contributed by atoms with Crippen molar-refractivity contribution in [2.24, 2.45) is 5.73 Å². The highest BCUT2D eigenvalue weighted by Gasteiger charge is 2.03. The van der Waals surface area contributed by atoms with Crippen molar-refractivity contribution >= 4 is 11.3 Å². The van der Waals surface area contributed by atoms with Gasteiger partial charge in [0.1, 0.15) is 5.82 Å². The lowest BCUT2D eigenvalue weighted by molar-refractivity contribution is 0.628. The highest BCUT2D eigenvalue weighted by atomic mass is 32.1. The first-order chi connectivity index (χ1) is 7.29. The summed E-state index contributed by atoms with van der Waals surface area (Å²) < 4.78 is 12.7. The molecule has 2 N–H and O–H groups in total. The number of hydrogen-bond acceptors (Lipinski definition) is 3. The van der Waals surface area contributed by atoms with Crippen molar-refractivity contribution in [2.75, 3.05) is 6.54 Å². The molecule has 0 amide bonds. The van der Waals surface area contributed by atoms with Crippen molar-refractivity contribution in [1.29, 1.82) is 0 Å². The Labute approximate surface area is 91.6 Å². The van der Waals surface area contributed by atoms with Crippen molar-refractivity contribution < 1.29 is 4.39 Å². The van der Waals surface area contributed by atoms with E-state index >= 15 is 0 Å². The van der Waals surface area contributed by atoms with E-state index in [1.807, 2.05) is 6.20 Å². The zero-order chi connectivity index (χ0) is 10.7. The number of nitrogens with zero attached hydrogens (tertiary/aromatic N) is 1. The molecule has 1 aromatic carbocycles. The van der Waals surface area contributed by atoms with Crippen LogP contribution in [0.25, 0.3) is 10.4 Å². The van der Waals surface area contributed by atoms with Crippen LogP contribution < -0.4 is 5.73 Å². The van der Waals surface area contributed by atoms with E-state index < -0.39 is 0 Å². The Bertz CT molecular complexity index is 436. The van der Waals surface area contributed by atoms with Crippen molar-refractivity contribution in [3.63, 3.8) is 0 Å². The third-order valence-electron chi connectivity index (χ3n) is 2.04. The summed E-state index contributed by atoms with van der Waals surface area (Å²) in [7, 11) is 0. The van der Waals surface area contributed by atoms with Gasteiger partial charge in [-0.1, -0.05) is 12.1 Å². The molecular weight excluding hydrogens is 211 g/mol. The van der Waals surface area contributed by atoms with Gasteiger partial charge in [0.2, 0.25) is 0 Å². The molecule has 78 valence electrons. The van der Waals surface area contributed by atoms with Crippen LogP contribution in [0, 0.1) is 5.82 Å². The van der Waals surface area contributed by atoms with E-state index in [1.54, 1.807) is 23.5 Å². The Kier molecular flexibility index (Phi) is 3.08. The highest BCUT2D eigenvalue weighted by molar-refractivity contribution is 7.15. The first-order valence-corrected chi connectivity index (χ1v) is 5.52. The van der Waals surface area contributed by atoms with Crippen LogP contribution in [-0.4, -0.2) is 11.5 Å². The zero-order valence-corrected chi connectivity index (χ0v) is 8.93. The standard InChI is InChI=1S/C11H11FN2S/c12-9-3-1-8(2-4-9)10-7-14-11(15-10)5-6-13/h1-4,7H,5-6,13H2. The van der Waals surface area contributed by atoms with Gasteiger partial charge in [0.25, 0.3) is 0 Å². The maximum atomic E-state index is 12.7. The lowest BCUT2D eigenvalue weighted by atomic mass is 10.2. The molecule has 2 nitrogen and oxygen atoms in total. The fourth-order valence-corrected chi connectivity index (χ4v) is 2.24. The van der Waals surface area contributed by atoms with Crippen LogP contribution in [0.5, 0.6) is 0 Å². The normalized spacial score (nSPS) is 10.5. The topological polar surface area (TPSA) is 38.9 Å². The Hall–Kier alpha value is -1.26. The number of aromatic nitrogens is 1. The fraction of sp³-hybridized carbons (Fsp3) is 0.182. The minimum absolute atomic E-state index is 0.217. The smallest absolute Gasteiger partial charge is 0.123 e. The van der Waals surface area contributed by atoms with Gasteiger partial charge in [-0.25, -0.2) is 9.37 Å². The Balaban J connectivity index is 2.25. The van der Waals surface area contributed by atoms with Gasteiger partial charge in [-0.3, -0.25) is 0 Å². The van der Waals surface area contributed by atoms with Crippen LogP contribution in [-0.2, 0) is 6.42 Å². The number of benzene rings is 1. The predicted octanol–water partition coefficient (Wildman–Crippen LogP) is 2.45. The molecule has 0 spiro atoms. The van der Waals surface area contributed by atoms with E-state index in [4.69, 9.17) is 5.73 Å². The van der Waals surface area contributed by atoms with Gasteiger partial charge < -0.3 is 5.73 Å². The van der Waals surface area contributed by atoms with E-state index in [-0.39, 0.29) is 5.82 Å². The SMILES string of the molecule is NCCc1ncc(-c2ccc(F)cc2)s1. The van der Waals surface area contributed by atoms with Gasteiger partial charge in [0.05, 0.1) is 9.88 Å². The summed E-state index contributed by atoms with van der Waals surface area (Å²) in [5, 5.41) is 1.02. The van der Waals surface area contributed by atoms with E-state index in [9.17, 15) is 4.39 Å². The van der Waals surface area contributed by atoms with Crippen molar-refractivity contribution in [2.45, 2.75) is 6.42 Å². The fourth-order valence-electron chi connectivity index (χ4n) is 1.30. The summed E-state index contributed by atoms with van der Waals surface area (Å²) in [6, 6.07) is 6.43. The van der Waals surface area contributed by atoms with E-state index in [0.717, 1.165) is 21.9 Å². The molecule has 2 rings (SSSR count). The third kappa shape index (κ3) is 2.40. The van der Waals surface area contributed by atoms with Crippen molar-refractivity contribution in [3.8, 4) is 10.4 Å². The van der Waals surface area contributed by atoms with Gasteiger partial charge >= 0.3 is 0 Å². The molecule has 0 aliphatic heterocycles. The summed E-state index contributed by atoms with van der Waals surface area (Å²) >= 11 is 1.60. The second kappa shape index (κ2) is 4.51. The summed E-state index contributed by atoms with van der Waals surface area (Å²) in [6.45, 7) is 0.608. The number of hydrogen-bond donors (Lipinski definition) is 1. The molecule has 1 heterocycles. The summed E-state index contributed by atoms with van der Waals surface area (Å²) in [5.41, 5.74) is 6.44. The van der Waals surface area contributed by atoms with Crippen molar-refractivity contribution in [3.05, 3.63) is 41.3 Å². The van der Waals surface area contributed by atoms with Gasteiger partial charge in [-0.2, -0.15) is 0 Å². The summed E-state index contributed by atoms with van der Waals surface area (Å²) in [5.74, 6) is -0.217. The second-order valence-corrected chi connectivity index (χ2v) is 4.28. The van der Waals surface area contributed by atoms with E-state index in [2.05, 4.69) is 4.98 Å². The molecule has 2 aromatic rings. The molecule has 0 radical (unpaired) electrons. The number of rotatable bonds is 3. The second-order valence-electron chi connectivity index (χ2n) is 3.16. The summed E-state index contributed by atoms with van der Waals surface area (Å²) in [4.78, 5) is 5.30. The Morgan fingerprint density at radius 1 is 1.27 bits per heavy atom. The first-order valence-electron chi connectivity index (χ1n) is 4.70. The monoisotopic (exact) mass is 222 g/mol. The molecule has 1 aromatic heterocycles. The minimum atomic E-state index is -0.217. The molecule has 4 heteroatoms. The molecular formula is C11H11FN2S. The Morgan fingerprint density at radius 3 is 2.67 bits per heavy atom. The lowest BCUT2D eigenvalue weighted by Gasteiger charge is -1.95. The first kappa shape index (κ1) is 10.3. The molecule has 0 bridgehead atoms. The maximum Gasteiger partial charge on any atom is 0.123 e. The predicted molar refractivity (Wildman–Crippen MR) is 60.3 cm³/mol. The largest absolute Gasteiger partial charge is 0.330 e. The van der Waals surface area contributed by atoms with Gasteiger partial charge in [0.15, 0.2) is 0 Å². The summed E-state index contributed by atoms with van der Waals surface area (Å²) in [6.07, 6.45) is 2.61. The van der Waals surface area contributed by atoms with Gasteiger partial charge in [0, 0.05) is 12.6 Å². The third-order valence-corrected chi connectivity index (χ3v) is 3.15. The van der Waals surface area contributed by atoms with Crippen LogP contribution in [0.1, 0.15) is 5.01 Å². The maximum absolute atomic E-state index is 12.7. The van der Waals surface area contributed by atoms with Gasteiger partial charge in [-0.05, 0) is 24.2 Å². The Morgan fingerprint density at radius 2 is 2.00 bits per heavy atom. The molecule has 0 saturated carbocycles. The molecule has 15 heavy (non-hydrogen) atoms. The van der Waals surface area contributed by atoms with Crippen LogP contribution >= 0.6 is 11.3 Å². The molecule has 0 unspecified atom stereocenters. The molecule has 0 fully saturated rings. The van der Waals surface area contributed by atoms with E-state index in [1.165, 1.54) is 12.1 Å².